The Balaban J connectivity index is 1.23. The van der Waals surface area contributed by atoms with Gasteiger partial charge in [-0.1, -0.05) is 31.2 Å². The van der Waals surface area contributed by atoms with E-state index in [1.807, 2.05) is 12.1 Å². The van der Waals surface area contributed by atoms with E-state index in [1.54, 1.807) is 6.07 Å². The molecule has 0 N–H and O–H groups in total. The fraction of sp³-hybridized carbons (Fsp3) is 0.640. The molecular formula is C25H33FN2O2. The maximum absolute atomic E-state index is 14.1. The highest BCUT2D eigenvalue weighted by atomic mass is 19.1. The van der Waals surface area contributed by atoms with E-state index in [0.29, 0.717) is 17.5 Å². The summed E-state index contributed by atoms with van der Waals surface area (Å²) in [5, 5.41) is 0. The second kappa shape index (κ2) is 7.67. The van der Waals surface area contributed by atoms with Crippen LogP contribution >= 0.6 is 0 Å². The van der Waals surface area contributed by atoms with Gasteiger partial charge >= 0.3 is 5.97 Å². The highest BCUT2D eigenvalue weighted by Gasteiger charge is 2.55. The molecule has 0 amide bonds. The zero-order valence-electron chi connectivity index (χ0n) is 18.0. The maximum atomic E-state index is 14.1. The van der Waals surface area contributed by atoms with Crippen LogP contribution in [0.15, 0.2) is 36.4 Å². The van der Waals surface area contributed by atoms with Gasteiger partial charge in [-0.05, 0) is 55.6 Å². The van der Waals surface area contributed by atoms with Gasteiger partial charge < -0.3 is 9.64 Å². The number of rotatable bonds is 3. The Hall–Kier alpha value is -1.88. The highest BCUT2D eigenvalue weighted by molar-refractivity contribution is 5.75. The minimum atomic E-state index is -0.161. The van der Waals surface area contributed by atoms with Gasteiger partial charge in [0.05, 0.1) is 11.6 Å². The number of carbonyl (C=O) groups excluding carboxylic acids is 1. The molecule has 1 aromatic carbocycles. The Bertz CT molecular complexity index is 834. The van der Waals surface area contributed by atoms with Crippen molar-refractivity contribution in [3.05, 3.63) is 42.2 Å². The van der Waals surface area contributed by atoms with Gasteiger partial charge in [0.2, 0.25) is 0 Å². The molecule has 1 aromatic rings. The Morgan fingerprint density at radius 2 is 2.00 bits per heavy atom. The first-order valence-corrected chi connectivity index (χ1v) is 11.5. The van der Waals surface area contributed by atoms with Crippen molar-refractivity contribution < 1.29 is 13.9 Å². The molecular weight excluding hydrogens is 379 g/mol. The lowest BCUT2D eigenvalue weighted by Crippen LogP contribution is -2.50. The Morgan fingerprint density at radius 1 is 1.23 bits per heavy atom. The minimum absolute atomic E-state index is 0.00519. The number of para-hydroxylation sites is 1. The fourth-order valence-electron chi connectivity index (χ4n) is 6.62. The third-order valence-corrected chi connectivity index (χ3v) is 8.34. The van der Waals surface area contributed by atoms with Crippen LogP contribution in [0.3, 0.4) is 0 Å². The van der Waals surface area contributed by atoms with E-state index in [-0.39, 0.29) is 29.2 Å². The molecule has 0 radical (unpaired) electrons. The Kier molecular flexibility index (Phi) is 5.12. The van der Waals surface area contributed by atoms with Gasteiger partial charge in [0.1, 0.15) is 11.9 Å². The van der Waals surface area contributed by atoms with E-state index < -0.39 is 0 Å². The Labute approximate surface area is 179 Å². The zero-order valence-corrected chi connectivity index (χ0v) is 18.0. The van der Waals surface area contributed by atoms with Crippen molar-refractivity contribution in [2.75, 3.05) is 37.6 Å². The molecule has 2 saturated carbocycles. The van der Waals surface area contributed by atoms with Crippen LogP contribution < -0.4 is 4.90 Å². The van der Waals surface area contributed by atoms with Gasteiger partial charge in [0, 0.05) is 38.6 Å². The lowest BCUT2D eigenvalue weighted by atomic mass is 9.55. The van der Waals surface area contributed by atoms with Crippen molar-refractivity contribution in [1.82, 2.24) is 4.90 Å². The van der Waals surface area contributed by atoms with E-state index >= 15 is 0 Å². The number of hydrogen-bond acceptors (Lipinski definition) is 4. The second-order valence-corrected chi connectivity index (χ2v) is 10.1. The summed E-state index contributed by atoms with van der Waals surface area (Å²) < 4.78 is 20.0. The van der Waals surface area contributed by atoms with E-state index in [2.05, 4.69) is 23.3 Å². The second-order valence-electron chi connectivity index (χ2n) is 10.1. The predicted octanol–water partition coefficient (Wildman–Crippen LogP) is 4.26. The number of carbonyl (C=O) groups is 1. The minimum Gasteiger partial charge on any atom is -0.462 e. The molecule has 30 heavy (non-hydrogen) atoms. The summed E-state index contributed by atoms with van der Waals surface area (Å²) in [6.07, 6.45) is 5.69. The molecule has 4 aliphatic rings. The average Bonchev–Trinajstić information content (AvgIpc) is 3.01. The predicted molar refractivity (Wildman–Crippen MR) is 116 cm³/mol. The number of piperazine rings is 1. The van der Waals surface area contributed by atoms with Crippen molar-refractivity contribution in [1.29, 1.82) is 0 Å². The summed E-state index contributed by atoms with van der Waals surface area (Å²) in [7, 11) is 0. The van der Waals surface area contributed by atoms with Crippen molar-refractivity contribution in [3.8, 4) is 0 Å². The maximum Gasteiger partial charge on any atom is 0.310 e. The van der Waals surface area contributed by atoms with Gasteiger partial charge in [0.15, 0.2) is 0 Å². The lowest BCUT2D eigenvalue weighted by molar-refractivity contribution is -0.146. The number of esters is 1. The first-order chi connectivity index (χ1) is 14.4. The van der Waals surface area contributed by atoms with Crippen LogP contribution in [0.4, 0.5) is 10.1 Å². The summed E-state index contributed by atoms with van der Waals surface area (Å²) in [6.45, 7) is 10.8. The van der Waals surface area contributed by atoms with Gasteiger partial charge in [-0.25, -0.2) is 4.39 Å². The monoisotopic (exact) mass is 412 g/mol. The van der Waals surface area contributed by atoms with Gasteiger partial charge in [-0.3, -0.25) is 9.69 Å². The summed E-state index contributed by atoms with van der Waals surface area (Å²) in [6, 6.07) is 6.98. The summed E-state index contributed by atoms with van der Waals surface area (Å²) in [5.74, 6) is 0.646. The van der Waals surface area contributed by atoms with Crippen molar-refractivity contribution in [3.63, 3.8) is 0 Å². The molecule has 5 rings (SSSR count). The molecule has 2 saturated heterocycles. The molecule has 0 aromatic heterocycles. The van der Waals surface area contributed by atoms with Crippen molar-refractivity contribution >= 4 is 11.7 Å². The number of benzene rings is 1. The first-order valence-electron chi connectivity index (χ1n) is 11.5. The molecule has 162 valence electrons. The lowest BCUT2D eigenvalue weighted by Gasteiger charge is -2.50. The van der Waals surface area contributed by atoms with Gasteiger partial charge in [-0.2, -0.15) is 0 Å². The van der Waals surface area contributed by atoms with Crippen LogP contribution in [0.1, 0.15) is 39.0 Å². The molecule has 2 aliphatic carbocycles. The van der Waals surface area contributed by atoms with E-state index in [9.17, 15) is 9.18 Å². The van der Waals surface area contributed by atoms with E-state index in [1.165, 1.54) is 24.5 Å². The third-order valence-electron chi connectivity index (χ3n) is 8.34. The molecule has 0 unspecified atom stereocenters. The topological polar surface area (TPSA) is 32.8 Å². The highest BCUT2D eigenvalue weighted by Crippen LogP contribution is 2.56. The van der Waals surface area contributed by atoms with Crippen LogP contribution in [0.5, 0.6) is 0 Å². The summed E-state index contributed by atoms with van der Waals surface area (Å²) in [5.41, 5.74) is 2.32. The smallest absolute Gasteiger partial charge is 0.310 e. The molecule has 2 aliphatic heterocycles. The van der Waals surface area contributed by atoms with E-state index in [4.69, 9.17) is 4.74 Å². The number of allylic oxidation sites excluding steroid dienone is 1. The first kappa shape index (κ1) is 20.0. The van der Waals surface area contributed by atoms with Crippen LogP contribution in [-0.4, -0.2) is 49.7 Å². The van der Waals surface area contributed by atoms with Crippen molar-refractivity contribution in [2.24, 2.45) is 23.2 Å². The number of hydrogen-bond donors (Lipinski definition) is 0. The molecule has 5 heteroatoms. The van der Waals surface area contributed by atoms with Crippen LogP contribution in [0.2, 0.25) is 0 Å². The zero-order chi connectivity index (χ0) is 20.9. The Morgan fingerprint density at radius 3 is 2.77 bits per heavy atom. The molecule has 5 atom stereocenters. The number of anilines is 1. The number of fused-ring (bicyclic) bond motifs is 2. The van der Waals surface area contributed by atoms with Crippen LogP contribution in [0.25, 0.3) is 0 Å². The number of ether oxygens (including phenoxy) is 1. The van der Waals surface area contributed by atoms with Crippen molar-refractivity contribution in [2.45, 2.75) is 45.1 Å². The number of halogens is 1. The quantitative estimate of drug-likeness (QED) is 0.549. The molecule has 0 bridgehead atoms. The molecule has 4 fully saturated rings. The van der Waals surface area contributed by atoms with Gasteiger partial charge in [0.25, 0.3) is 0 Å². The molecule has 4 nitrogen and oxygen atoms in total. The average molecular weight is 413 g/mol. The number of nitrogens with zero attached hydrogens (tertiary/aromatic N) is 2. The van der Waals surface area contributed by atoms with Gasteiger partial charge in [-0.15, -0.1) is 0 Å². The molecule has 0 spiro atoms. The summed E-state index contributed by atoms with van der Waals surface area (Å²) in [4.78, 5) is 17.3. The van der Waals surface area contributed by atoms with E-state index in [0.717, 1.165) is 52.0 Å². The SMILES string of the molecule is C=C1CCC[C@]2(C)C[C@H]3OC(=O)[C@@H](CN4CCN(c5ccccc5F)CC4)[C@H]3C[C@@H]12. The largest absolute Gasteiger partial charge is 0.462 e. The summed E-state index contributed by atoms with van der Waals surface area (Å²) >= 11 is 0. The molecule has 2 heterocycles. The third kappa shape index (κ3) is 3.45. The van der Waals surface area contributed by atoms with Crippen LogP contribution in [0, 0.1) is 29.0 Å². The fourth-order valence-corrected chi connectivity index (χ4v) is 6.62. The van der Waals surface area contributed by atoms with Crippen LogP contribution in [-0.2, 0) is 9.53 Å². The standard InChI is InChI=1S/C25H33FN2O2/c1-17-6-5-9-25(2)15-23-18(14-20(17)25)19(24(29)30-23)16-27-10-12-28(13-11-27)22-8-4-3-7-21(22)26/h3-4,7-8,18-20,23H,1,5-6,9-16H2,2H3/t18-,19+,20+,23-,25-/m1/s1. The normalized spacial score (nSPS) is 36.9.